The summed E-state index contributed by atoms with van der Waals surface area (Å²) >= 11 is 0. The van der Waals surface area contributed by atoms with E-state index in [0.29, 0.717) is 0 Å². The van der Waals surface area contributed by atoms with Gasteiger partial charge in [-0.3, -0.25) is 0 Å². The third-order valence-electron chi connectivity index (χ3n) is 2.98. The first-order valence-electron chi connectivity index (χ1n) is 6.60. The molecular formula is C15H25NO. The predicted octanol–water partition coefficient (Wildman–Crippen LogP) is 3.26. The molecule has 0 aliphatic carbocycles. The topological polar surface area (TPSA) is 21.3 Å². The monoisotopic (exact) mass is 235 g/mol. The van der Waals surface area contributed by atoms with Gasteiger partial charge < -0.3 is 10.1 Å². The number of nitrogens with one attached hydrogen (secondary N) is 1. The molecule has 0 aromatic heterocycles. The maximum absolute atomic E-state index is 5.23. The van der Waals surface area contributed by atoms with Crippen LogP contribution in [0, 0.1) is 5.92 Å². The Kier molecular flexibility index (Phi) is 6.71. The lowest BCUT2D eigenvalue weighted by atomic mass is 10.0. The molecule has 2 nitrogen and oxygen atoms in total. The van der Waals surface area contributed by atoms with Crippen LogP contribution >= 0.6 is 0 Å². The Hall–Kier alpha value is -1.02. The summed E-state index contributed by atoms with van der Waals surface area (Å²) in [6.07, 6.45) is 3.57. The highest BCUT2D eigenvalue weighted by atomic mass is 16.5. The Morgan fingerprint density at radius 2 is 2.18 bits per heavy atom. The van der Waals surface area contributed by atoms with Gasteiger partial charge in [0.25, 0.3) is 0 Å². The minimum absolute atomic E-state index is 0.729. The van der Waals surface area contributed by atoms with Crippen LogP contribution in [-0.2, 0) is 6.42 Å². The molecule has 0 aliphatic heterocycles. The second-order valence-corrected chi connectivity index (χ2v) is 4.70. The number of aryl methyl sites for hydroxylation is 1. The summed E-state index contributed by atoms with van der Waals surface area (Å²) in [4.78, 5) is 0. The van der Waals surface area contributed by atoms with Crippen molar-refractivity contribution in [2.45, 2.75) is 33.1 Å². The van der Waals surface area contributed by atoms with E-state index in [2.05, 4.69) is 37.4 Å². The van der Waals surface area contributed by atoms with Crippen LogP contribution in [0.1, 0.15) is 32.3 Å². The van der Waals surface area contributed by atoms with E-state index < -0.39 is 0 Å². The summed E-state index contributed by atoms with van der Waals surface area (Å²) in [7, 11) is 1.72. The molecule has 1 rings (SSSR count). The molecule has 1 N–H and O–H groups in total. The minimum atomic E-state index is 0.729. The average Bonchev–Trinajstić information content (AvgIpc) is 2.37. The van der Waals surface area contributed by atoms with E-state index in [1.165, 1.54) is 18.4 Å². The summed E-state index contributed by atoms with van der Waals surface area (Å²) in [6, 6.07) is 8.37. The van der Waals surface area contributed by atoms with Crippen molar-refractivity contribution in [1.29, 1.82) is 0 Å². The second-order valence-electron chi connectivity index (χ2n) is 4.70. The molecule has 1 aromatic carbocycles. The first-order valence-corrected chi connectivity index (χ1v) is 6.60. The Balaban J connectivity index is 2.28. The van der Waals surface area contributed by atoms with Gasteiger partial charge in [-0.25, -0.2) is 0 Å². The van der Waals surface area contributed by atoms with Crippen LogP contribution in [0.25, 0.3) is 0 Å². The lowest BCUT2D eigenvalue weighted by Crippen LogP contribution is -2.22. The Labute approximate surface area is 105 Å². The zero-order valence-electron chi connectivity index (χ0n) is 11.3. The standard InChI is InChI=1S/C15H25NO/c1-4-10-16-12-13(2)8-9-14-6-5-7-15(11-14)17-3/h5-7,11,13,16H,4,8-10,12H2,1-3H3. The number of methoxy groups -OCH3 is 1. The van der Waals surface area contributed by atoms with E-state index in [1.54, 1.807) is 7.11 Å². The predicted molar refractivity (Wildman–Crippen MR) is 73.6 cm³/mol. The Morgan fingerprint density at radius 1 is 1.35 bits per heavy atom. The summed E-state index contributed by atoms with van der Waals surface area (Å²) in [5, 5.41) is 3.47. The van der Waals surface area contributed by atoms with Crippen molar-refractivity contribution in [3.05, 3.63) is 29.8 Å². The van der Waals surface area contributed by atoms with E-state index in [0.717, 1.165) is 31.2 Å². The van der Waals surface area contributed by atoms with Crippen LogP contribution in [0.5, 0.6) is 5.75 Å². The van der Waals surface area contributed by atoms with E-state index >= 15 is 0 Å². The van der Waals surface area contributed by atoms with Gasteiger partial charge in [0.15, 0.2) is 0 Å². The molecule has 0 bridgehead atoms. The SMILES string of the molecule is CCCNCC(C)CCc1cccc(OC)c1. The number of hydrogen-bond acceptors (Lipinski definition) is 2. The van der Waals surface area contributed by atoms with Crippen molar-refractivity contribution in [3.63, 3.8) is 0 Å². The Bertz CT molecular complexity index is 312. The molecule has 0 saturated heterocycles. The number of rotatable bonds is 8. The highest BCUT2D eigenvalue weighted by Gasteiger charge is 2.03. The number of benzene rings is 1. The van der Waals surface area contributed by atoms with Crippen LogP contribution in [0.2, 0.25) is 0 Å². The quantitative estimate of drug-likeness (QED) is 0.698. The van der Waals surface area contributed by atoms with Gasteiger partial charge in [-0.2, -0.15) is 0 Å². The molecule has 0 radical (unpaired) electrons. The molecule has 0 aliphatic rings. The third-order valence-corrected chi connectivity index (χ3v) is 2.98. The van der Waals surface area contributed by atoms with Crippen molar-refractivity contribution in [2.24, 2.45) is 5.92 Å². The van der Waals surface area contributed by atoms with Crippen molar-refractivity contribution in [3.8, 4) is 5.75 Å². The largest absolute Gasteiger partial charge is 0.497 e. The van der Waals surface area contributed by atoms with Crippen molar-refractivity contribution >= 4 is 0 Å². The lowest BCUT2D eigenvalue weighted by molar-refractivity contribution is 0.413. The third kappa shape index (κ3) is 5.73. The Morgan fingerprint density at radius 3 is 2.88 bits per heavy atom. The van der Waals surface area contributed by atoms with Gasteiger partial charge in [0.2, 0.25) is 0 Å². The highest BCUT2D eigenvalue weighted by Crippen LogP contribution is 2.15. The molecule has 1 atom stereocenters. The lowest BCUT2D eigenvalue weighted by Gasteiger charge is -2.12. The van der Waals surface area contributed by atoms with Crippen molar-refractivity contribution < 1.29 is 4.74 Å². The first-order chi connectivity index (χ1) is 8.26. The van der Waals surface area contributed by atoms with Gasteiger partial charge in [0.1, 0.15) is 5.75 Å². The van der Waals surface area contributed by atoms with E-state index in [1.807, 2.05) is 6.07 Å². The second kappa shape index (κ2) is 8.13. The van der Waals surface area contributed by atoms with Crippen molar-refractivity contribution in [2.75, 3.05) is 20.2 Å². The maximum Gasteiger partial charge on any atom is 0.119 e. The van der Waals surface area contributed by atoms with Gasteiger partial charge >= 0.3 is 0 Å². The molecule has 0 fully saturated rings. The molecule has 96 valence electrons. The van der Waals surface area contributed by atoms with Crippen LogP contribution in [0.15, 0.2) is 24.3 Å². The van der Waals surface area contributed by atoms with Crippen LogP contribution < -0.4 is 10.1 Å². The maximum atomic E-state index is 5.23. The molecule has 1 unspecified atom stereocenters. The van der Waals surface area contributed by atoms with Crippen LogP contribution in [0.4, 0.5) is 0 Å². The van der Waals surface area contributed by atoms with Gasteiger partial charge in [-0.05, 0) is 56.0 Å². The van der Waals surface area contributed by atoms with Gasteiger partial charge in [-0.15, -0.1) is 0 Å². The van der Waals surface area contributed by atoms with Crippen LogP contribution in [-0.4, -0.2) is 20.2 Å². The highest BCUT2D eigenvalue weighted by molar-refractivity contribution is 5.28. The summed E-state index contributed by atoms with van der Waals surface area (Å²) in [5.41, 5.74) is 1.37. The molecule has 1 aromatic rings. The van der Waals surface area contributed by atoms with E-state index in [4.69, 9.17) is 4.74 Å². The van der Waals surface area contributed by atoms with Gasteiger partial charge in [-0.1, -0.05) is 26.0 Å². The summed E-state index contributed by atoms with van der Waals surface area (Å²) < 4.78 is 5.23. The van der Waals surface area contributed by atoms with E-state index in [-0.39, 0.29) is 0 Å². The fourth-order valence-corrected chi connectivity index (χ4v) is 1.87. The smallest absolute Gasteiger partial charge is 0.119 e. The molecule has 0 heterocycles. The average molecular weight is 235 g/mol. The molecule has 0 spiro atoms. The van der Waals surface area contributed by atoms with Gasteiger partial charge in [0.05, 0.1) is 7.11 Å². The fraction of sp³-hybridized carbons (Fsp3) is 0.600. The minimum Gasteiger partial charge on any atom is -0.497 e. The van der Waals surface area contributed by atoms with Crippen molar-refractivity contribution in [1.82, 2.24) is 5.32 Å². The fourth-order valence-electron chi connectivity index (χ4n) is 1.87. The zero-order chi connectivity index (χ0) is 12.5. The number of ether oxygens (including phenoxy) is 1. The molecule has 2 heteroatoms. The molecule has 0 saturated carbocycles. The normalized spacial score (nSPS) is 12.4. The van der Waals surface area contributed by atoms with E-state index in [9.17, 15) is 0 Å². The summed E-state index contributed by atoms with van der Waals surface area (Å²) in [6.45, 7) is 6.76. The molecule has 0 amide bonds. The van der Waals surface area contributed by atoms with Crippen LogP contribution in [0.3, 0.4) is 0 Å². The molecular weight excluding hydrogens is 210 g/mol. The summed E-state index contributed by atoms with van der Waals surface area (Å²) in [5.74, 6) is 1.69. The zero-order valence-corrected chi connectivity index (χ0v) is 11.3. The first kappa shape index (κ1) is 14.0. The van der Waals surface area contributed by atoms with Gasteiger partial charge in [0, 0.05) is 0 Å². The molecule has 17 heavy (non-hydrogen) atoms. The number of hydrogen-bond donors (Lipinski definition) is 1.